The Morgan fingerprint density at radius 3 is 2.30 bits per heavy atom. The predicted molar refractivity (Wildman–Crippen MR) is 80.3 cm³/mol. The SMILES string of the molecule is Cc1cc(Nc2cc(Cl)cc(Cl)c2)n2nc(C(F)(F)F)nc2n1. The monoisotopic (exact) mass is 361 g/mol. The highest BCUT2D eigenvalue weighted by atomic mass is 35.5. The van der Waals surface area contributed by atoms with Crippen molar-refractivity contribution in [1.29, 1.82) is 0 Å². The maximum Gasteiger partial charge on any atom is 0.453 e. The van der Waals surface area contributed by atoms with Gasteiger partial charge in [-0.25, -0.2) is 4.98 Å². The van der Waals surface area contributed by atoms with E-state index in [1.54, 1.807) is 25.1 Å². The molecule has 23 heavy (non-hydrogen) atoms. The Hall–Kier alpha value is -2.06. The van der Waals surface area contributed by atoms with Crippen LogP contribution in [-0.4, -0.2) is 19.6 Å². The van der Waals surface area contributed by atoms with E-state index in [0.29, 0.717) is 21.4 Å². The second kappa shape index (κ2) is 5.54. The Kier molecular flexibility index (Phi) is 3.81. The molecule has 0 aliphatic heterocycles. The molecule has 0 unspecified atom stereocenters. The molecule has 2 aromatic heterocycles. The summed E-state index contributed by atoms with van der Waals surface area (Å²) in [4.78, 5) is 7.35. The molecule has 3 aromatic rings. The fourth-order valence-corrected chi connectivity index (χ4v) is 2.50. The van der Waals surface area contributed by atoms with Gasteiger partial charge in [0.1, 0.15) is 5.82 Å². The molecule has 0 atom stereocenters. The van der Waals surface area contributed by atoms with Crippen molar-refractivity contribution in [2.45, 2.75) is 13.1 Å². The Morgan fingerprint density at radius 2 is 1.70 bits per heavy atom. The highest BCUT2D eigenvalue weighted by molar-refractivity contribution is 6.35. The molecule has 0 spiro atoms. The maximum atomic E-state index is 12.8. The molecule has 0 amide bonds. The van der Waals surface area contributed by atoms with Crippen molar-refractivity contribution in [3.05, 3.63) is 45.8 Å². The lowest BCUT2D eigenvalue weighted by Crippen LogP contribution is -2.08. The van der Waals surface area contributed by atoms with E-state index < -0.39 is 12.0 Å². The first-order valence-electron chi connectivity index (χ1n) is 6.27. The van der Waals surface area contributed by atoms with Crippen molar-refractivity contribution < 1.29 is 13.2 Å². The van der Waals surface area contributed by atoms with Crippen LogP contribution in [-0.2, 0) is 6.18 Å². The number of hydrogen-bond acceptors (Lipinski definition) is 4. The third kappa shape index (κ3) is 3.32. The van der Waals surface area contributed by atoms with Gasteiger partial charge in [-0.05, 0) is 25.1 Å². The van der Waals surface area contributed by atoms with Crippen LogP contribution in [0, 0.1) is 6.92 Å². The van der Waals surface area contributed by atoms with Gasteiger partial charge in [0, 0.05) is 27.5 Å². The fraction of sp³-hybridized carbons (Fsp3) is 0.154. The number of anilines is 2. The zero-order valence-corrected chi connectivity index (χ0v) is 13.0. The van der Waals surface area contributed by atoms with Crippen LogP contribution in [0.3, 0.4) is 0 Å². The number of hydrogen-bond donors (Lipinski definition) is 1. The molecule has 0 bridgehead atoms. The molecule has 0 radical (unpaired) electrons. The van der Waals surface area contributed by atoms with Crippen molar-refractivity contribution in [2.24, 2.45) is 0 Å². The lowest BCUT2D eigenvalue weighted by molar-refractivity contribution is -0.144. The van der Waals surface area contributed by atoms with E-state index in [1.165, 1.54) is 6.07 Å². The average molecular weight is 362 g/mol. The van der Waals surface area contributed by atoms with Gasteiger partial charge in [0.15, 0.2) is 0 Å². The topological polar surface area (TPSA) is 55.1 Å². The van der Waals surface area contributed by atoms with Crippen LogP contribution in [0.5, 0.6) is 0 Å². The summed E-state index contributed by atoms with van der Waals surface area (Å²) in [6.45, 7) is 1.64. The van der Waals surface area contributed by atoms with Crippen LogP contribution in [0.2, 0.25) is 10.0 Å². The first-order valence-corrected chi connectivity index (χ1v) is 7.03. The molecule has 0 aliphatic carbocycles. The zero-order valence-electron chi connectivity index (χ0n) is 11.5. The lowest BCUT2D eigenvalue weighted by atomic mass is 10.3. The van der Waals surface area contributed by atoms with Gasteiger partial charge in [-0.15, -0.1) is 5.10 Å². The number of nitrogens with zero attached hydrogens (tertiary/aromatic N) is 4. The number of nitrogens with one attached hydrogen (secondary N) is 1. The van der Waals surface area contributed by atoms with Crippen molar-refractivity contribution in [3.63, 3.8) is 0 Å². The van der Waals surface area contributed by atoms with E-state index in [0.717, 1.165) is 4.52 Å². The third-order valence-corrected chi connectivity index (χ3v) is 3.27. The number of aromatic nitrogens is 4. The average Bonchev–Trinajstić information content (AvgIpc) is 2.81. The first-order chi connectivity index (χ1) is 10.7. The van der Waals surface area contributed by atoms with Crippen LogP contribution in [0.1, 0.15) is 11.5 Å². The normalized spacial score (nSPS) is 11.9. The molecule has 0 aliphatic rings. The van der Waals surface area contributed by atoms with E-state index in [-0.39, 0.29) is 11.6 Å². The van der Waals surface area contributed by atoms with Crippen molar-refractivity contribution in [3.8, 4) is 0 Å². The van der Waals surface area contributed by atoms with Gasteiger partial charge in [-0.2, -0.15) is 22.7 Å². The van der Waals surface area contributed by atoms with Crippen LogP contribution in [0.4, 0.5) is 24.7 Å². The largest absolute Gasteiger partial charge is 0.453 e. The second-order valence-electron chi connectivity index (χ2n) is 4.71. The van der Waals surface area contributed by atoms with Crippen molar-refractivity contribution in [1.82, 2.24) is 19.6 Å². The molecule has 3 rings (SSSR count). The fourth-order valence-electron chi connectivity index (χ4n) is 1.97. The lowest BCUT2D eigenvalue weighted by Gasteiger charge is -2.09. The second-order valence-corrected chi connectivity index (χ2v) is 5.58. The molecule has 1 aromatic carbocycles. The van der Waals surface area contributed by atoms with Gasteiger partial charge >= 0.3 is 6.18 Å². The molecule has 5 nitrogen and oxygen atoms in total. The van der Waals surface area contributed by atoms with Gasteiger partial charge in [0.25, 0.3) is 11.6 Å². The van der Waals surface area contributed by atoms with Crippen LogP contribution in [0.15, 0.2) is 24.3 Å². The smallest absolute Gasteiger partial charge is 0.340 e. The summed E-state index contributed by atoms with van der Waals surface area (Å²) in [7, 11) is 0. The molecule has 0 saturated heterocycles. The summed E-state index contributed by atoms with van der Waals surface area (Å²) < 4.78 is 39.3. The summed E-state index contributed by atoms with van der Waals surface area (Å²) >= 11 is 11.8. The van der Waals surface area contributed by atoms with Gasteiger partial charge < -0.3 is 5.32 Å². The van der Waals surface area contributed by atoms with Gasteiger partial charge in [0.2, 0.25) is 0 Å². The Bertz CT molecular complexity index is 871. The Balaban J connectivity index is 2.11. The quantitative estimate of drug-likeness (QED) is 0.729. The van der Waals surface area contributed by atoms with Crippen LogP contribution >= 0.6 is 23.2 Å². The molecule has 0 saturated carbocycles. The third-order valence-electron chi connectivity index (χ3n) is 2.83. The maximum absolute atomic E-state index is 12.8. The number of fused-ring (bicyclic) bond motifs is 1. The minimum absolute atomic E-state index is 0.159. The highest BCUT2D eigenvalue weighted by Crippen LogP contribution is 2.29. The predicted octanol–water partition coefficient (Wildman–Crippen LogP) is 4.50. The first kappa shape index (κ1) is 15.8. The number of benzene rings is 1. The highest BCUT2D eigenvalue weighted by Gasteiger charge is 2.36. The number of aryl methyl sites for hydroxylation is 1. The van der Waals surface area contributed by atoms with Crippen molar-refractivity contribution in [2.75, 3.05) is 5.32 Å². The van der Waals surface area contributed by atoms with Crippen LogP contribution < -0.4 is 5.32 Å². The standard InChI is InChI=1S/C13H8Cl2F3N5/c1-6-2-10(20-9-4-7(14)3-8(15)5-9)23-12(19-6)21-11(22-23)13(16,17)18/h2-5,20H,1H3. The molecular weight excluding hydrogens is 354 g/mol. The molecule has 0 fully saturated rings. The minimum Gasteiger partial charge on any atom is -0.340 e. The van der Waals surface area contributed by atoms with Gasteiger partial charge in [0.05, 0.1) is 0 Å². The van der Waals surface area contributed by atoms with E-state index in [4.69, 9.17) is 23.2 Å². The Labute approximate surface area is 138 Å². The van der Waals surface area contributed by atoms with Gasteiger partial charge in [-0.3, -0.25) is 0 Å². The molecule has 10 heteroatoms. The summed E-state index contributed by atoms with van der Waals surface area (Å²) in [6, 6.07) is 6.24. The molecule has 1 N–H and O–H groups in total. The van der Waals surface area contributed by atoms with E-state index >= 15 is 0 Å². The number of halogens is 5. The molecular formula is C13H8Cl2F3N5. The summed E-state index contributed by atoms with van der Waals surface area (Å²) in [6.07, 6.45) is -4.65. The van der Waals surface area contributed by atoms with Crippen LogP contribution in [0.25, 0.3) is 5.78 Å². The minimum atomic E-state index is -4.65. The Morgan fingerprint density at radius 1 is 1.04 bits per heavy atom. The summed E-state index contributed by atoms with van der Waals surface area (Å²) in [5.74, 6) is -1.16. The summed E-state index contributed by atoms with van der Waals surface area (Å²) in [5, 5.41) is 7.15. The summed E-state index contributed by atoms with van der Waals surface area (Å²) in [5.41, 5.74) is 0.979. The number of rotatable bonds is 2. The number of alkyl halides is 3. The van der Waals surface area contributed by atoms with E-state index in [1.807, 2.05) is 0 Å². The van der Waals surface area contributed by atoms with Gasteiger partial charge in [-0.1, -0.05) is 23.2 Å². The van der Waals surface area contributed by atoms with Crippen molar-refractivity contribution >= 4 is 40.5 Å². The zero-order chi connectivity index (χ0) is 16.8. The molecule has 2 heterocycles. The van der Waals surface area contributed by atoms with E-state index in [9.17, 15) is 13.2 Å². The molecule has 120 valence electrons. The van der Waals surface area contributed by atoms with E-state index in [2.05, 4.69) is 20.4 Å².